The molecule has 0 amide bonds. The van der Waals surface area contributed by atoms with Crippen molar-refractivity contribution in [2.75, 3.05) is 32.9 Å². The summed E-state index contributed by atoms with van der Waals surface area (Å²) in [6, 6.07) is 12.3. The SMILES string of the molecule is Cl.OC(CNCC1(c2ccc(F)cc2)CCOCC1)COc1ccc(F)cc1. The van der Waals surface area contributed by atoms with E-state index in [1.807, 2.05) is 12.1 Å². The van der Waals surface area contributed by atoms with Gasteiger partial charge in [-0.05, 0) is 54.8 Å². The second-order valence-electron chi connectivity index (χ2n) is 6.95. The summed E-state index contributed by atoms with van der Waals surface area (Å²) in [5.74, 6) is -0.0583. The highest BCUT2D eigenvalue weighted by Gasteiger charge is 2.34. The minimum Gasteiger partial charge on any atom is -0.491 e. The molecule has 0 aromatic heterocycles. The standard InChI is InChI=1S/C21H25F2NO3.ClH/c22-17-3-1-16(2-4-17)21(9-11-26-12-10-21)15-24-13-19(25)14-27-20-7-5-18(23)6-8-20;/h1-8,19,24-25H,9-15H2;1H. The lowest BCUT2D eigenvalue weighted by molar-refractivity contribution is 0.0470. The van der Waals surface area contributed by atoms with Gasteiger partial charge in [0.05, 0.1) is 0 Å². The van der Waals surface area contributed by atoms with Crippen LogP contribution in [-0.4, -0.2) is 44.1 Å². The first-order valence-corrected chi connectivity index (χ1v) is 9.18. The van der Waals surface area contributed by atoms with Crippen molar-refractivity contribution in [1.29, 1.82) is 0 Å². The van der Waals surface area contributed by atoms with Gasteiger partial charge >= 0.3 is 0 Å². The third-order valence-corrected chi connectivity index (χ3v) is 5.01. The largest absolute Gasteiger partial charge is 0.491 e. The van der Waals surface area contributed by atoms with Crippen molar-refractivity contribution in [2.24, 2.45) is 0 Å². The van der Waals surface area contributed by atoms with Crippen LogP contribution in [0.5, 0.6) is 5.75 Å². The second kappa shape index (κ2) is 10.7. The van der Waals surface area contributed by atoms with Crippen molar-refractivity contribution in [2.45, 2.75) is 24.4 Å². The molecular formula is C21H26ClF2NO3. The van der Waals surface area contributed by atoms with Gasteiger partial charge in [0, 0.05) is 31.7 Å². The van der Waals surface area contributed by atoms with E-state index in [1.165, 1.54) is 36.4 Å². The molecule has 2 N–H and O–H groups in total. The molecule has 1 aliphatic heterocycles. The van der Waals surface area contributed by atoms with Crippen LogP contribution in [-0.2, 0) is 10.2 Å². The van der Waals surface area contributed by atoms with Crippen LogP contribution < -0.4 is 10.1 Å². The fourth-order valence-electron chi connectivity index (χ4n) is 3.39. The smallest absolute Gasteiger partial charge is 0.123 e. The third kappa shape index (κ3) is 6.14. The maximum absolute atomic E-state index is 13.3. The fraction of sp³-hybridized carbons (Fsp3) is 0.429. The van der Waals surface area contributed by atoms with E-state index in [0.717, 1.165) is 18.4 Å². The Hall–Kier alpha value is -1.73. The molecule has 1 saturated heterocycles. The number of halogens is 3. The number of aliphatic hydroxyl groups is 1. The van der Waals surface area contributed by atoms with Gasteiger partial charge in [0.15, 0.2) is 0 Å². The zero-order valence-corrected chi connectivity index (χ0v) is 16.4. The molecule has 1 atom stereocenters. The number of rotatable bonds is 8. The second-order valence-corrected chi connectivity index (χ2v) is 6.95. The zero-order chi connectivity index (χ0) is 19.1. The van der Waals surface area contributed by atoms with Crippen LogP contribution in [0.15, 0.2) is 48.5 Å². The monoisotopic (exact) mass is 413 g/mol. The fourth-order valence-corrected chi connectivity index (χ4v) is 3.39. The van der Waals surface area contributed by atoms with Crippen molar-refractivity contribution in [3.05, 3.63) is 65.7 Å². The molecule has 3 rings (SSSR count). The number of nitrogens with one attached hydrogen (secondary N) is 1. The van der Waals surface area contributed by atoms with Crippen LogP contribution in [0, 0.1) is 11.6 Å². The average molecular weight is 414 g/mol. The highest BCUT2D eigenvalue weighted by molar-refractivity contribution is 5.85. The molecule has 1 aliphatic rings. The molecule has 7 heteroatoms. The third-order valence-electron chi connectivity index (χ3n) is 5.01. The van der Waals surface area contributed by atoms with Gasteiger partial charge in [-0.3, -0.25) is 0 Å². The Bertz CT molecular complexity index is 707. The molecule has 4 nitrogen and oxygen atoms in total. The van der Waals surface area contributed by atoms with E-state index in [4.69, 9.17) is 9.47 Å². The molecule has 0 radical (unpaired) electrons. The Kier molecular flexibility index (Phi) is 8.63. The first-order chi connectivity index (χ1) is 13.1. The van der Waals surface area contributed by atoms with Gasteiger partial charge in [-0.1, -0.05) is 12.1 Å². The Morgan fingerprint density at radius 3 is 2.18 bits per heavy atom. The highest BCUT2D eigenvalue weighted by atomic mass is 35.5. The van der Waals surface area contributed by atoms with Gasteiger partial charge in [0.25, 0.3) is 0 Å². The van der Waals surface area contributed by atoms with Gasteiger partial charge in [0.2, 0.25) is 0 Å². The number of hydrogen-bond donors (Lipinski definition) is 2. The molecule has 0 bridgehead atoms. The lowest BCUT2D eigenvalue weighted by atomic mass is 9.74. The molecule has 1 fully saturated rings. The lowest BCUT2D eigenvalue weighted by Gasteiger charge is -2.38. The van der Waals surface area contributed by atoms with Crippen LogP contribution in [0.2, 0.25) is 0 Å². The van der Waals surface area contributed by atoms with Crippen LogP contribution in [0.1, 0.15) is 18.4 Å². The Morgan fingerprint density at radius 2 is 1.57 bits per heavy atom. The van der Waals surface area contributed by atoms with Crippen molar-refractivity contribution in [1.82, 2.24) is 5.32 Å². The maximum atomic E-state index is 13.3. The first-order valence-electron chi connectivity index (χ1n) is 9.18. The summed E-state index contributed by atoms with van der Waals surface area (Å²) in [6.07, 6.45) is 0.988. The van der Waals surface area contributed by atoms with Gasteiger partial charge in [-0.15, -0.1) is 12.4 Å². The average Bonchev–Trinajstić information content (AvgIpc) is 2.69. The summed E-state index contributed by atoms with van der Waals surface area (Å²) in [5.41, 5.74) is 0.945. The molecule has 0 spiro atoms. The van der Waals surface area contributed by atoms with E-state index in [1.54, 1.807) is 0 Å². The molecule has 2 aromatic carbocycles. The quantitative estimate of drug-likeness (QED) is 0.695. The van der Waals surface area contributed by atoms with Crippen LogP contribution in [0.25, 0.3) is 0 Å². The molecule has 0 saturated carbocycles. The topological polar surface area (TPSA) is 50.7 Å². The molecule has 154 valence electrons. The molecule has 1 unspecified atom stereocenters. The zero-order valence-electron chi connectivity index (χ0n) is 15.6. The van der Waals surface area contributed by atoms with E-state index in [2.05, 4.69) is 5.32 Å². The Morgan fingerprint density at radius 1 is 1.00 bits per heavy atom. The number of benzene rings is 2. The van der Waals surface area contributed by atoms with Gasteiger partial charge in [0.1, 0.15) is 30.1 Å². The molecular weight excluding hydrogens is 388 g/mol. The Balaban J connectivity index is 0.00000280. The van der Waals surface area contributed by atoms with Crippen LogP contribution >= 0.6 is 12.4 Å². The maximum Gasteiger partial charge on any atom is 0.123 e. The first kappa shape index (κ1) is 22.6. The number of ether oxygens (including phenoxy) is 2. The van der Waals surface area contributed by atoms with Crippen LogP contribution in [0.4, 0.5) is 8.78 Å². The molecule has 28 heavy (non-hydrogen) atoms. The van der Waals surface area contributed by atoms with E-state index < -0.39 is 6.10 Å². The van der Waals surface area contributed by atoms with E-state index in [-0.39, 0.29) is 36.1 Å². The van der Waals surface area contributed by atoms with Crippen LogP contribution in [0.3, 0.4) is 0 Å². The van der Waals surface area contributed by atoms with E-state index >= 15 is 0 Å². The van der Waals surface area contributed by atoms with Crippen molar-refractivity contribution >= 4 is 12.4 Å². The predicted molar refractivity (Wildman–Crippen MR) is 106 cm³/mol. The normalized spacial score (nSPS) is 16.8. The minimum absolute atomic E-state index is 0. The van der Waals surface area contributed by atoms with Crippen molar-refractivity contribution in [3.63, 3.8) is 0 Å². The van der Waals surface area contributed by atoms with E-state index in [9.17, 15) is 13.9 Å². The summed E-state index contributed by atoms with van der Waals surface area (Å²) < 4.78 is 37.1. The summed E-state index contributed by atoms with van der Waals surface area (Å²) in [7, 11) is 0. The summed E-state index contributed by atoms with van der Waals surface area (Å²) in [6.45, 7) is 2.47. The minimum atomic E-state index is -0.694. The molecule has 2 aromatic rings. The summed E-state index contributed by atoms with van der Waals surface area (Å²) in [5, 5.41) is 13.5. The highest BCUT2D eigenvalue weighted by Crippen LogP contribution is 2.34. The predicted octanol–water partition coefficient (Wildman–Crippen LogP) is 3.46. The lowest BCUT2D eigenvalue weighted by Crippen LogP contribution is -2.45. The van der Waals surface area contributed by atoms with E-state index in [0.29, 0.717) is 32.1 Å². The number of hydrogen-bond acceptors (Lipinski definition) is 4. The van der Waals surface area contributed by atoms with Gasteiger partial charge in [-0.25, -0.2) is 8.78 Å². The molecule has 0 aliphatic carbocycles. The van der Waals surface area contributed by atoms with Crippen molar-refractivity contribution in [3.8, 4) is 5.75 Å². The molecule has 1 heterocycles. The van der Waals surface area contributed by atoms with Gasteiger partial charge < -0.3 is 19.9 Å². The Labute approximate surface area is 170 Å². The summed E-state index contributed by atoms with van der Waals surface area (Å²) in [4.78, 5) is 0. The van der Waals surface area contributed by atoms with Gasteiger partial charge in [-0.2, -0.15) is 0 Å². The summed E-state index contributed by atoms with van der Waals surface area (Å²) >= 11 is 0. The number of aliphatic hydroxyl groups excluding tert-OH is 1. The van der Waals surface area contributed by atoms with Crippen molar-refractivity contribution < 1.29 is 23.4 Å².